The van der Waals surface area contributed by atoms with Crippen molar-refractivity contribution in [1.29, 1.82) is 0 Å². The molecule has 0 bridgehead atoms. The molecule has 6 nitrogen and oxygen atoms in total. The Hall–Kier alpha value is -4.01. The Bertz CT molecular complexity index is 1830. The number of carbonyl (C=O) groups excluding carboxylic acids is 3. The molecule has 0 spiro atoms. The van der Waals surface area contributed by atoms with E-state index in [2.05, 4.69) is 37.9 Å². The van der Waals surface area contributed by atoms with Gasteiger partial charge in [0.05, 0.1) is 0 Å². The van der Waals surface area contributed by atoms with Gasteiger partial charge in [-0.1, -0.05) is 127 Å². The van der Waals surface area contributed by atoms with E-state index in [4.69, 9.17) is 13.6 Å². The van der Waals surface area contributed by atoms with Crippen molar-refractivity contribution in [2.45, 2.75) is 15.7 Å². The van der Waals surface area contributed by atoms with E-state index in [0.29, 0.717) is 16.7 Å². The van der Waals surface area contributed by atoms with Crippen LogP contribution in [0.5, 0.6) is 0 Å². The highest BCUT2D eigenvalue weighted by atomic mass is 32.1. The topological polar surface area (TPSA) is 78.9 Å². The Balaban J connectivity index is 1.27. The fourth-order valence-electron chi connectivity index (χ4n) is 5.27. The molecule has 0 aliphatic carbocycles. The molecule has 230 valence electrons. The van der Waals surface area contributed by atoms with Gasteiger partial charge in [-0.25, -0.2) is 0 Å². The fraction of sp³-hybridized carbons (Fsp3) is 0.0833. The number of carbonyl (C=O) groups is 3. The molecule has 0 saturated carbocycles. The van der Waals surface area contributed by atoms with Gasteiger partial charge < -0.3 is 13.6 Å². The largest absolute Gasteiger partial charge is 0.537 e. The van der Waals surface area contributed by atoms with Crippen LogP contribution in [0.15, 0.2) is 127 Å². The van der Waals surface area contributed by atoms with Crippen molar-refractivity contribution in [2.75, 3.05) is 0 Å². The van der Waals surface area contributed by atoms with Gasteiger partial charge in [0.25, 0.3) is 0 Å². The fourth-order valence-corrected chi connectivity index (χ4v) is 7.23. The molecule has 0 aromatic heterocycles. The Morgan fingerprint density at radius 1 is 0.413 bits per heavy atom. The van der Waals surface area contributed by atoms with Crippen molar-refractivity contribution in [3.05, 3.63) is 144 Å². The summed E-state index contributed by atoms with van der Waals surface area (Å²) in [5.74, 6) is -2.56. The first-order valence-corrected chi connectivity index (χ1v) is 16.9. The first-order chi connectivity index (χ1) is 22.3. The Morgan fingerprint density at radius 2 is 0.674 bits per heavy atom. The second kappa shape index (κ2) is 14.2. The number of hydrogen-bond acceptors (Lipinski definition) is 9. The molecular formula is C36H27O6PS3. The average molecular weight is 683 g/mol. The van der Waals surface area contributed by atoms with E-state index in [1.54, 1.807) is 18.2 Å². The molecule has 0 heterocycles. The molecule has 46 heavy (non-hydrogen) atoms. The third kappa shape index (κ3) is 6.74. The number of thiol groups is 3. The van der Waals surface area contributed by atoms with Gasteiger partial charge in [0, 0.05) is 0 Å². The Kier molecular flexibility index (Phi) is 9.85. The van der Waals surface area contributed by atoms with Gasteiger partial charge in [0.2, 0.25) is 0 Å². The second-order valence-electron chi connectivity index (χ2n) is 10.4. The first-order valence-electron chi connectivity index (χ1n) is 14.2. The van der Waals surface area contributed by atoms with Gasteiger partial charge in [0.1, 0.15) is 15.7 Å². The van der Waals surface area contributed by atoms with E-state index >= 15 is 0 Å². The van der Waals surface area contributed by atoms with Crippen molar-refractivity contribution < 1.29 is 28.0 Å². The maximum atomic E-state index is 13.5. The maximum Gasteiger partial charge on any atom is 0.537 e. The maximum absolute atomic E-state index is 13.5. The summed E-state index contributed by atoms with van der Waals surface area (Å²) in [6, 6.07) is 39.1. The number of benzene rings is 6. The van der Waals surface area contributed by atoms with Crippen LogP contribution in [0.2, 0.25) is 0 Å². The Labute approximate surface area is 283 Å². The van der Waals surface area contributed by atoms with Crippen LogP contribution in [0.1, 0.15) is 32.4 Å². The van der Waals surface area contributed by atoms with E-state index in [1.807, 2.05) is 109 Å². The number of rotatable bonds is 9. The SMILES string of the molecule is O=C(OP(OC(=O)C(S)c1cccc2ccccc12)OC(=O)C(S)c1cccc2ccccc12)C(S)c1cccc2ccccc12. The summed E-state index contributed by atoms with van der Waals surface area (Å²) in [6.07, 6.45) is 0. The molecule has 6 rings (SSSR count). The van der Waals surface area contributed by atoms with Crippen LogP contribution in [-0.2, 0) is 28.0 Å². The van der Waals surface area contributed by atoms with Crippen LogP contribution >= 0.6 is 46.5 Å². The first kappa shape index (κ1) is 32.0. The van der Waals surface area contributed by atoms with Crippen LogP contribution < -0.4 is 0 Å². The van der Waals surface area contributed by atoms with Crippen LogP contribution in [0, 0.1) is 0 Å². The number of fused-ring (bicyclic) bond motifs is 3. The zero-order valence-corrected chi connectivity index (χ0v) is 27.7. The smallest absolute Gasteiger partial charge is 0.374 e. The lowest BCUT2D eigenvalue weighted by molar-refractivity contribution is -0.141. The van der Waals surface area contributed by atoms with Gasteiger partial charge in [-0.2, -0.15) is 37.9 Å². The molecule has 3 unspecified atom stereocenters. The summed E-state index contributed by atoms with van der Waals surface area (Å²) in [5, 5.41) is 1.94. The summed E-state index contributed by atoms with van der Waals surface area (Å²) >= 11 is 13.6. The summed E-state index contributed by atoms with van der Waals surface area (Å²) in [5.41, 5.74) is 1.76. The van der Waals surface area contributed by atoms with Gasteiger partial charge >= 0.3 is 26.5 Å². The normalized spacial score (nSPS) is 13.9. The molecule has 10 heteroatoms. The standard InChI is InChI=1S/C36H27O6PS3/c37-34(31(44)28-19-7-13-22-10-1-4-16-25(22)28)40-43(41-35(38)32(45)29-20-8-14-23-11-2-5-17-26(23)29)42-36(39)33(46)30-21-9-15-24-12-3-6-18-27(24)30/h1-21,31-33,44-46H. The minimum Gasteiger partial charge on any atom is -0.374 e. The van der Waals surface area contributed by atoms with E-state index < -0.39 is 42.3 Å². The molecule has 6 aromatic rings. The van der Waals surface area contributed by atoms with Gasteiger partial charge in [-0.15, -0.1) is 0 Å². The van der Waals surface area contributed by atoms with Crippen molar-refractivity contribution in [3.63, 3.8) is 0 Å². The molecule has 3 atom stereocenters. The minimum atomic E-state index is -2.87. The molecule has 6 aromatic carbocycles. The van der Waals surface area contributed by atoms with Crippen LogP contribution in [0.4, 0.5) is 0 Å². The molecular weight excluding hydrogens is 656 g/mol. The van der Waals surface area contributed by atoms with Crippen LogP contribution in [-0.4, -0.2) is 17.9 Å². The van der Waals surface area contributed by atoms with Crippen molar-refractivity contribution in [1.82, 2.24) is 0 Å². The monoisotopic (exact) mass is 682 g/mol. The van der Waals surface area contributed by atoms with E-state index in [9.17, 15) is 14.4 Å². The molecule has 0 saturated heterocycles. The molecule has 0 aliphatic rings. The lowest BCUT2D eigenvalue weighted by atomic mass is 10.0. The summed E-state index contributed by atoms with van der Waals surface area (Å²) in [6.45, 7) is 0. The molecule has 0 N–H and O–H groups in total. The van der Waals surface area contributed by atoms with Gasteiger partial charge in [-0.05, 0) is 49.0 Å². The third-order valence-corrected chi connectivity index (χ3v) is 9.97. The van der Waals surface area contributed by atoms with E-state index in [0.717, 1.165) is 32.3 Å². The second-order valence-corrected chi connectivity index (χ2v) is 12.9. The summed E-state index contributed by atoms with van der Waals surface area (Å²) in [4.78, 5) is 40.5. The highest BCUT2D eigenvalue weighted by Crippen LogP contribution is 2.47. The average Bonchev–Trinajstić information content (AvgIpc) is 3.09. The molecule has 0 fully saturated rings. The molecule has 0 aliphatic heterocycles. The lowest BCUT2D eigenvalue weighted by Crippen LogP contribution is -2.18. The third-order valence-electron chi connectivity index (χ3n) is 7.52. The van der Waals surface area contributed by atoms with Crippen molar-refractivity contribution >= 4 is 96.7 Å². The van der Waals surface area contributed by atoms with Crippen molar-refractivity contribution in [2.24, 2.45) is 0 Å². The zero-order chi connectivity index (χ0) is 32.2. The van der Waals surface area contributed by atoms with Crippen LogP contribution in [0.3, 0.4) is 0 Å². The van der Waals surface area contributed by atoms with E-state index in [-0.39, 0.29) is 0 Å². The lowest BCUT2D eigenvalue weighted by Gasteiger charge is -2.21. The van der Waals surface area contributed by atoms with Gasteiger partial charge in [-0.3, -0.25) is 14.4 Å². The zero-order valence-electron chi connectivity index (χ0n) is 24.1. The summed E-state index contributed by atoms with van der Waals surface area (Å²) < 4.78 is 16.8. The van der Waals surface area contributed by atoms with Crippen molar-refractivity contribution in [3.8, 4) is 0 Å². The predicted molar refractivity (Wildman–Crippen MR) is 192 cm³/mol. The quantitative estimate of drug-likeness (QED) is 0.104. The molecule has 0 radical (unpaired) electrons. The van der Waals surface area contributed by atoms with Crippen LogP contribution in [0.25, 0.3) is 32.3 Å². The highest BCUT2D eigenvalue weighted by molar-refractivity contribution is 7.81. The van der Waals surface area contributed by atoms with E-state index in [1.165, 1.54) is 0 Å². The predicted octanol–water partition coefficient (Wildman–Crippen LogP) is 9.32. The Morgan fingerprint density at radius 3 is 0.978 bits per heavy atom. The number of hydrogen-bond donors (Lipinski definition) is 3. The summed E-state index contributed by atoms with van der Waals surface area (Å²) in [7, 11) is -2.87. The highest BCUT2D eigenvalue weighted by Gasteiger charge is 2.35. The molecule has 0 amide bonds. The minimum absolute atomic E-state index is 0.588. The van der Waals surface area contributed by atoms with Gasteiger partial charge in [0.15, 0.2) is 0 Å².